The number of rotatable bonds is 9. The molecule has 0 aliphatic carbocycles. The fourth-order valence-electron chi connectivity index (χ4n) is 1.16. The molecule has 0 heterocycles. The van der Waals surface area contributed by atoms with Crippen LogP contribution in [-0.2, 0) is 14.3 Å². The van der Waals surface area contributed by atoms with Gasteiger partial charge in [-0.25, -0.2) is 4.79 Å². The van der Waals surface area contributed by atoms with Crippen molar-refractivity contribution in [2.24, 2.45) is 0 Å². The average Bonchev–Trinajstić information content (AvgIpc) is 2.22. The lowest BCUT2D eigenvalue weighted by atomic mass is 10.5. The number of hydrogen-bond donors (Lipinski definition) is 0. The Bertz CT molecular complexity index is 181. The molecule has 15 heavy (non-hydrogen) atoms. The lowest BCUT2D eigenvalue weighted by Gasteiger charge is -2.02. The summed E-state index contributed by atoms with van der Waals surface area (Å²) in [6.07, 6.45) is 4.15. The molecule has 0 amide bonds. The van der Waals surface area contributed by atoms with Crippen LogP contribution in [0.25, 0.3) is 0 Å². The number of carbonyl (C=O) groups is 1. The normalized spacial score (nSPS) is 11.6. The molecule has 0 aliphatic heterocycles. The largest absolute Gasteiger partial charge is 0.463 e. The molecule has 0 saturated heterocycles. The summed E-state index contributed by atoms with van der Waals surface area (Å²) in [7, 11) is 0.000289. The molecule has 88 valence electrons. The van der Waals surface area contributed by atoms with Gasteiger partial charge in [0.25, 0.3) is 0 Å². The van der Waals surface area contributed by atoms with E-state index in [0.29, 0.717) is 6.61 Å². The molecule has 0 N–H and O–H groups in total. The van der Waals surface area contributed by atoms with Gasteiger partial charge in [0, 0.05) is 28.8 Å². The first-order valence-corrected chi connectivity index (χ1v) is 7.68. The first kappa shape index (κ1) is 14.4. The van der Waals surface area contributed by atoms with E-state index in [2.05, 4.69) is 0 Å². The Morgan fingerprint density at radius 1 is 1.33 bits per heavy atom. The second-order valence-corrected chi connectivity index (χ2v) is 5.40. The maximum Gasteiger partial charge on any atom is 0.330 e. The second-order valence-electron chi connectivity index (χ2n) is 3.28. The van der Waals surface area contributed by atoms with Crippen molar-refractivity contribution in [2.45, 2.75) is 32.4 Å². The van der Waals surface area contributed by atoms with Crippen LogP contribution in [0.2, 0.25) is 12.1 Å². The van der Waals surface area contributed by atoms with E-state index < -0.39 is 0 Å². The van der Waals surface area contributed by atoms with Crippen LogP contribution in [-0.4, -0.2) is 35.3 Å². The lowest BCUT2D eigenvalue weighted by Crippen LogP contribution is -2.04. The van der Waals surface area contributed by atoms with Crippen molar-refractivity contribution in [3.05, 3.63) is 12.2 Å². The fraction of sp³-hybridized carbons (Fsp3) is 0.727. The van der Waals surface area contributed by atoms with Crippen molar-refractivity contribution in [1.82, 2.24) is 0 Å². The monoisotopic (exact) mass is 230 g/mol. The molecule has 0 rings (SSSR count). The van der Waals surface area contributed by atoms with Gasteiger partial charge in [0.1, 0.15) is 0 Å². The van der Waals surface area contributed by atoms with Crippen LogP contribution in [0, 0.1) is 0 Å². The minimum atomic E-state index is -0.228. The molecular formula is C11H22O3Si. The Morgan fingerprint density at radius 3 is 2.80 bits per heavy atom. The predicted molar refractivity (Wildman–Crippen MR) is 65.0 cm³/mol. The molecule has 3 nitrogen and oxygen atoms in total. The molecule has 0 unspecified atom stereocenters. The van der Waals surface area contributed by atoms with Crippen molar-refractivity contribution in [1.29, 1.82) is 0 Å². The molecular weight excluding hydrogens is 208 g/mol. The third-order valence-corrected chi connectivity index (χ3v) is 3.72. The average molecular weight is 230 g/mol. The zero-order chi connectivity index (χ0) is 11.4. The topological polar surface area (TPSA) is 35.5 Å². The summed E-state index contributed by atoms with van der Waals surface area (Å²) in [5.74, 6) is -0.228. The fourth-order valence-corrected chi connectivity index (χ4v) is 2.48. The first-order valence-electron chi connectivity index (χ1n) is 5.68. The summed E-state index contributed by atoms with van der Waals surface area (Å²) in [5.41, 5.74) is 0. The van der Waals surface area contributed by atoms with Crippen LogP contribution in [0.5, 0.6) is 0 Å². The van der Waals surface area contributed by atoms with E-state index in [9.17, 15) is 4.79 Å². The van der Waals surface area contributed by atoms with Gasteiger partial charge in [-0.1, -0.05) is 12.1 Å². The van der Waals surface area contributed by atoms with E-state index >= 15 is 0 Å². The Kier molecular flexibility index (Phi) is 11.0. The summed E-state index contributed by atoms with van der Waals surface area (Å²) >= 11 is 0. The van der Waals surface area contributed by atoms with Gasteiger partial charge in [-0.3, -0.25) is 0 Å². The number of ether oxygens (including phenoxy) is 2. The Morgan fingerprint density at radius 2 is 2.13 bits per heavy atom. The highest BCUT2D eigenvalue weighted by Gasteiger charge is 1.96. The number of allylic oxidation sites excluding steroid dienone is 1. The van der Waals surface area contributed by atoms with Gasteiger partial charge in [-0.05, 0) is 26.3 Å². The highest BCUT2D eigenvalue weighted by atomic mass is 28.2. The standard InChI is InChI=1S/C11H22O3Si/c1-3-6-11(12)14-7-5-9-15-10-8-13-4-2/h3,6H,4-5,7-10,15H2,1-2H3. The van der Waals surface area contributed by atoms with Crippen LogP contribution < -0.4 is 0 Å². The summed E-state index contributed by atoms with van der Waals surface area (Å²) in [5, 5.41) is 0. The van der Waals surface area contributed by atoms with E-state index in [1.54, 1.807) is 6.08 Å². The van der Waals surface area contributed by atoms with Crippen LogP contribution in [0.15, 0.2) is 12.2 Å². The summed E-state index contributed by atoms with van der Waals surface area (Å²) in [6, 6.07) is 2.47. The van der Waals surface area contributed by atoms with E-state index in [1.807, 2.05) is 13.8 Å². The molecule has 0 aromatic heterocycles. The van der Waals surface area contributed by atoms with E-state index in [4.69, 9.17) is 9.47 Å². The van der Waals surface area contributed by atoms with Crippen LogP contribution in [0.3, 0.4) is 0 Å². The molecule has 0 aliphatic rings. The van der Waals surface area contributed by atoms with Crippen LogP contribution in [0.1, 0.15) is 20.3 Å². The zero-order valence-corrected chi connectivity index (χ0v) is 11.2. The molecule has 0 atom stereocenters. The van der Waals surface area contributed by atoms with Crippen molar-refractivity contribution >= 4 is 15.5 Å². The third-order valence-electron chi connectivity index (χ3n) is 1.93. The van der Waals surface area contributed by atoms with Crippen molar-refractivity contribution in [3.8, 4) is 0 Å². The van der Waals surface area contributed by atoms with Gasteiger partial charge in [-0.2, -0.15) is 0 Å². The molecule has 0 saturated carbocycles. The van der Waals surface area contributed by atoms with Gasteiger partial charge in [0.05, 0.1) is 6.61 Å². The molecule has 4 heteroatoms. The Hall–Kier alpha value is -0.613. The van der Waals surface area contributed by atoms with Crippen LogP contribution in [0.4, 0.5) is 0 Å². The smallest absolute Gasteiger partial charge is 0.330 e. The van der Waals surface area contributed by atoms with Crippen LogP contribution >= 0.6 is 0 Å². The zero-order valence-electron chi connectivity index (χ0n) is 9.83. The van der Waals surface area contributed by atoms with Crippen molar-refractivity contribution < 1.29 is 14.3 Å². The van der Waals surface area contributed by atoms with Gasteiger partial charge < -0.3 is 9.47 Å². The minimum Gasteiger partial charge on any atom is -0.463 e. The van der Waals surface area contributed by atoms with Crippen molar-refractivity contribution in [3.63, 3.8) is 0 Å². The van der Waals surface area contributed by atoms with Gasteiger partial charge in [-0.15, -0.1) is 0 Å². The predicted octanol–water partition coefficient (Wildman–Crippen LogP) is 1.54. The SMILES string of the molecule is CC=CC(=O)OCCC[SiH2]CCOCC. The lowest BCUT2D eigenvalue weighted by molar-refractivity contribution is -0.137. The maximum absolute atomic E-state index is 10.9. The number of carbonyl (C=O) groups excluding carboxylic acids is 1. The van der Waals surface area contributed by atoms with Gasteiger partial charge in [0.2, 0.25) is 0 Å². The van der Waals surface area contributed by atoms with E-state index in [1.165, 1.54) is 18.2 Å². The second kappa shape index (κ2) is 11.5. The maximum atomic E-state index is 10.9. The molecule has 0 aromatic carbocycles. The summed E-state index contributed by atoms with van der Waals surface area (Å²) in [4.78, 5) is 10.9. The molecule has 0 radical (unpaired) electrons. The number of hydrogen-bond acceptors (Lipinski definition) is 3. The van der Waals surface area contributed by atoms with E-state index in [-0.39, 0.29) is 15.5 Å². The first-order chi connectivity index (χ1) is 7.31. The molecule has 0 fully saturated rings. The summed E-state index contributed by atoms with van der Waals surface area (Å²) in [6.45, 7) is 6.10. The van der Waals surface area contributed by atoms with Crippen molar-refractivity contribution in [2.75, 3.05) is 19.8 Å². The summed E-state index contributed by atoms with van der Waals surface area (Å²) < 4.78 is 10.2. The quantitative estimate of drug-likeness (QED) is 0.261. The van der Waals surface area contributed by atoms with E-state index in [0.717, 1.165) is 19.6 Å². The highest BCUT2D eigenvalue weighted by molar-refractivity contribution is 6.35. The molecule has 0 bridgehead atoms. The highest BCUT2D eigenvalue weighted by Crippen LogP contribution is 1.95. The number of esters is 1. The molecule has 0 aromatic rings. The third kappa shape index (κ3) is 11.3. The Balaban J connectivity index is 3.08. The molecule has 0 spiro atoms. The van der Waals surface area contributed by atoms with Gasteiger partial charge >= 0.3 is 5.97 Å². The minimum absolute atomic E-state index is 0.000289. The Labute approximate surface area is 94.7 Å². The van der Waals surface area contributed by atoms with Gasteiger partial charge in [0.15, 0.2) is 0 Å².